The second-order valence-corrected chi connectivity index (χ2v) is 6.81. The summed E-state index contributed by atoms with van der Waals surface area (Å²) in [6.07, 6.45) is 5.42. The lowest BCUT2D eigenvalue weighted by molar-refractivity contribution is 0.0699. The molecule has 7 heteroatoms. The zero-order valence-electron chi connectivity index (χ0n) is 14.3. The van der Waals surface area contributed by atoms with Crippen LogP contribution in [0.2, 0.25) is 0 Å². The van der Waals surface area contributed by atoms with E-state index in [0.717, 1.165) is 19.4 Å². The van der Waals surface area contributed by atoms with Gasteiger partial charge in [-0.3, -0.25) is 14.6 Å². The van der Waals surface area contributed by atoms with Crippen molar-refractivity contribution >= 4 is 11.9 Å². The molecule has 132 valence electrons. The molecule has 4 rings (SSSR count). The van der Waals surface area contributed by atoms with Crippen molar-refractivity contribution in [1.29, 1.82) is 0 Å². The fourth-order valence-electron chi connectivity index (χ4n) is 3.70. The van der Waals surface area contributed by atoms with E-state index >= 15 is 0 Å². The number of aromatic amines is 1. The number of anilines is 1. The summed E-state index contributed by atoms with van der Waals surface area (Å²) in [7, 11) is 0. The van der Waals surface area contributed by atoms with Crippen LogP contribution in [-0.2, 0) is 13.0 Å². The Morgan fingerprint density at radius 2 is 2.24 bits per heavy atom. The molecule has 1 N–H and O–H groups in total. The Hall–Kier alpha value is -2.57. The van der Waals surface area contributed by atoms with Gasteiger partial charge in [-0.25, -0.2) is 4.98 Å². The highest BCUT2D eigenvalue weighted by Crippen LogP contribution is 2.23. The van der Waals surface area contributed by atoms with E-state index in [2.05, 4.69) is 16.8 Å². The normalized spacial score (nSPS) is 20.4. The molecule has 0 bridgehead atoms. The molecular formula is C18H22N4O3. The maximum Gasteiger partial charge on any atom is 0.289 e. The number of aromatic nitrogens is 2. The largest absolute Gasteiger partial charge is 0.459 e. The van der Waals surface area contributed by atoms with Crippen molar-refractivity contribution in [3.8, 4) is 0 Å². The molecule has 2 aliphatic rings. The van der Waals surface area contributed by atoms with Crippen LogP contribution in [-0.4, -0.2) is 39.9 Å². The van der Waals surface area contributed by atoms with Crippen molar-refractivity contribution in [3.63, 3.8) is 0 Å². The van der Waals surface area contributed by atoms with Crippen LogP contribution in [0.4, 0.5) is 5.95 Å². The van der Waals surface area contributed by atoms with E-state index in [-0.39, 0.29) is 11.5 Å². The number of hydrogen-bond acceptors (Lipinski definition) is 5. The van der Waals surface area contributed by atoms with Gasteiger partial charge < -0.3 is 14.2 Å². The van der Waals surface area contributed by atoms with E-state index in [1.54, 1.807) is 17.0 Å². The topological polar surface area (TPSA) is 82.4 Å². The van der Waals surface area contributed by atoms with Crippen LogP contribution in [0.3, 0.4) is 0 Å². The first-order valence-electron chi connectivity index (χ1n) is 8.85. The second-order valence-electron chi connectivity index (χ2n) is 6.81. The van der Waals surface area contributed by atoms with Gasteiger partial charge in [0.1, 0.15) is 0 Å². The lowest BCUT2D eigenvalue weighted by atomic mass is 10.0. The lowest BCUT2D eigenvalue weighted by Gasteiger charge is -2.35. The third-order valence-electron chi connectivity index (χ3n) is 5.16. The quantitative estimate of drug-likeness (QED) is 0.902. The fraction of sp³-hybridized carbons (Fsp3) is 0.500. The molecule has 2 aromatic heterocycles. The number of carbonyl (C=O) groups is 1. The smallest absolute Gasteiger partial charge is 0.289 e. The molecule has 7 nitrogen and oxygen atoms in total. The van der Waals surface area contributed by atoms with Gasteiger partial charge in [0.2, 0.25) is 5.95 Å². The molecule has 0 aromatic carbocycles. The van der Waals surface area contributed by atoms with Gasteiger partial charge in [-0.05, 0) is 44.7 Å². The van der Waals surface area contributed by atoms with Crippen LogP contribution in [0.25, 0.3) is 0 Å². The summed E-state index contributed by atoms with van der Waals surface area (Å²) in [4.78, 5) is 36.5. The Bertz CT molecular complexity index is 827. The molecule has 4 heterocycles. The molecule has 2 aromatic rings. The molecule has 0 spiro atoms. The third kappa shape index (κ3) is 2.94. The standard InChI is InChI=1S/C18H22N4O3/c1-12-5-2-3-8-22(12)18-19-14-11-21(9-7-13(14)16(23)20-18)17(24)15-6-4-10-25-15/h4,6,10,12H,2-3,5,7-9,11H2,1H3,(H,19,20,23). The number of piperidine rings is 1. The summed E-state index contributed by atoms with van der Waals surface area (Å²) in [6, 6.07) is 3.72. The summed E-state index contributed by atoms with van der Waals surface area (Å²) < 4.78 is 5.21. The minimum Gasteiger partial charge on any atom is -0.459 e. The molecular weight excluding hydrogens is 320 g/mol. The maximum atomic E-state index is 12.5. The molecule has 1 saturated heterocycles. The summed E-state index contributed by atoms with van der Waals surface area (Å²) in [5.74, 6) is 0.784. The SMILES string of the molecule is CC1CCCCN1c1nc2c(c(=O)[nH]1)CCN(C(=O)c1ccco1)C2. The molecule has 0 radical (unpaired) electrons. The minimum atomic E-state index is -0.161. The highest BCUT2D eigenvalue weighted by atomic mass is 16.3. The van der Waals surface area contributed by atoms with Gasteiger partial charge in [-0.2, -0.15) is 0 Å². The van der Waals surface area contributed by atoms with E-state index in [1.165, 1.54) is 12.7 Å². The van der Waals surface area contributed by atoms with Crippen molar-refractivity contribution in [3.05, 3.63) is 45.8 Å². The fourth-order valence-corrected chi connectivity index (χ4v) is 3.70. The molecule has 1 atom stereocenters. The van der Waals surface area contributed by atoms with Crippen LogP contribution in [0.1, 0.15) is 48.0 Å². The molecule has 25 heavy (non-hydrogen) atoms. The Morgan fingerprint density at radius 1 is 1.36 bits per heavy atom. The first kappa shape index (κ1) is 15.9. The number of H-pyrrole nitrogens is 1. The monoisotopic (exact) mass is 342 g/mol. The molecule has 2 aliphatic heterocycles. The number of carbonyl (C=O) groups excluding carboxylic acids is 1. The van der Waals surface area contributed by atoms with Crippen molar-refractivity contribution in [2.45, 2.75) is 45.2 Å². The molecule has 0 saturated carbocycles. The predicted molar refractivity (Wildman–Crippen MR) is 92.7 cm³/mol. The number of rotatable bonds is 2. The van der Waals surface area contributed by atoms with E-state index in [1.807, 2.05) is 0 Å². The first-order chi connectivity index (χ1) is 12.1. The van der Waals surface area contributed by atoms with E-state index in [0.29, 0.717) is 48.5 Å². The van der Waals surface area contributed by atoms with Crippen LogP contribution in [0, 0.1) is 0 Å². The molecule has 1 fully saturated rings. The van der Waals surface area contributed by atoms with Gasteiger partial charge in [-0.15, -0.1) is 0 Å². The van der Waals surface area contributed by atoms with Crippen molar-refractivity contribution in [2.24, 2.45) is 0 Å². The summed E-state index contributed by atoms with van der Waals surface area (Å²) in [5, 5.41) is 0. The Morgan fingerprint density at radius 3 is 3.00 bits per heavy atom. The van der Waals surface area contributed by atoms with Gasteiger partial charge in [0.05, 0.1) is 18.5 Å². The Balaban J connectivity index is 1.62. The average Bonchev–Trinajstić information content (AvgIpc) is 3.15. The number of furan rings is 1. The number of hydrogen-bond donors (Lipinski definition) is 1. The average molecular weight is 342 g/mol. The summed E-state index contributed by atoms with van der Waals surface area (Å²) in [5.41, 5.74) is 1.31. The predicted octanol–water partition coefficient (Wildman–Crippen LogP) is 1.94. The van der Waals surface area contributed by atoms with Crippen LogP contribution in [0.15, 0.2) is 27.6 Å². The lowest BCUT2D eigenvalue weighted by Crippen LogP contribution is -2.42. The van der Waals surface area contributed by atoms with Crippen molar-refractivity contribution in [1.82, 2.24) is 14.9 Å². The summed E-state index contributed by atoms with van der Waals surface area (Å²) >= 11 is 0. The summed E-state index contributed by atoms with van der Waals surface area (Å²) in [6.45, 7) is 3.90. The third-order valence-corrected chi connectivity index (χ3v) is 5.16. The zero-order valence-corrected chi connectivity index (χ0v) is 14.3. The van der Waals surface area contributed by atoms with Crippen molar-refractivity contribution < 1.29 is 9.21 Å². The highest BCUT2D eigenvalue weighted by molar-refractivity contribution is 5.91. The Labute approximate surface area is 145 Å². The van der Waals surface area contributed by atoms with E-state index in [9.17, 15) is 9.59 Å². The van der Waals surface area contributed by atoms with Gasteiger partial charge in [0.25, 0.3) is 11.5 Å². The van der Waals surface area contributed by atoms with Gasteiger partial charge in [0.15, 0.2) is 5.76 Å². The number of nitrogens with one attached hydrogen (secondary N) is 1. The molecule has 0 aliphatic carbocycles. The maximum absolute atomic E-state index is 12.5. The van der Waals surface area contributed by atoms with Crippen LogP contribution >= 0.6 is 0 Å². The van der Waals surface area contributed by atoms with E-state index < -0.39 is 0 Å². The van der Waals surface area contributed by atoms with Gasteiger partial charge in [-0.1, -0.05) is 0 Å². The van der Waals surface area contributed by atoms with Gasteiger partial charge in [0, 0.05) is 24.7 Å². The molecule has 1 unspecified atom stereocenters. The zero-order chi connectivity index (χ0) is 17.4. The second kappa shape index (κ2) is 6.38. The molecule has 1 amide bonds. The highest BCUT2D eigenvalue weighted by Gasteiger charge is 2.28. The van der Waals surface area contributed by atoms with Crippen LogP contribution < -0.4 is 10.5 Å². The van der Waals surface area contributed by atoms with E-state index in [4.69, 9.17) is 9.40 Å². The van der Waals surface area contributed by atoms with Crippen LogP contribution in [0.5, 0.6) is 0 Å². The van der Waals surface area contributed by atoms with Gasteiger partial charge >= 0.3 is 0 Å². The number of nitrogens with zero attached hydrogens (tertiary/aromatic N) is 3. The minimum absolute atomic E-state index is 0.0807. The Kier molecular flexibility index (Phi) is 4.07. The van der Waals surface area contributed by atoms with Crippen molar-refractivity contribution in [2.75, 3.05) is 18.0 Å². The number of fused-ring (bicyclic) bond motifs is 1. The first-order valence-corrected chi connectivity index (χ1v) is 8.85. The number of amides is 1.